The third-order valence-corrected chi connectivity index (χ3v) is 3.18. The lowest BCUT2D eigenvalue weighted by Gasteiger charge is -2.10. The van der Waals surface area contributed by atoms with Crippen LogP contribution in [-0.4, -0.2) is 16.1 Å². The first-order valence-electron chi connectivity index (χ1n) is 7.62. The molecule has 0 aliphatic carbocycles. The van der Waals surface area contributed by atoms with Crippen molar-refractivity contribution in [2.45, 2.75) is 27.2 Å². The monoisotopic (exact) mass is 309 g/mol. The molecule has 0 fully saturated rings. The van der Waals surface area contributed by atoms with Crippen molar-refractivity contribution in [3.05, 3.63) is 72.5 Å². The molecule has 1 aromatic carbocycles. The van der Waals surface area contributed by atoms with Gasteiger partial charge in [0.25, 0.3) is 0 Å². The topological polar surface area (TPSA) is 50.2 Å². The standard InChI is InChI=1S/C18H17NO2.C2H6/c1-4-6-13(5-2)18-15(11-17(20)21)10-14-9-12(3)7-8-16(14)19-18;1-2/h4-10H,1-2,11H2,3H3,(H,20,21);1-2H3/b13-6+;. The molecule has 3 heteroatoms. The van der Waals surface area contributed by atoms with Gasteiger partial charge in [0.15, 0.2) is 0 Å². The second kappa shape index (κ2) is 8.69. The number of carbonyl (C=O) groups is 1. The summed E-state index contributed by atoms with van der Waals surface area (Å²) in [5.74, 6) is -0.882. The van der Waals surface area contributed by atoms with Gasteiger partial charge in [0.1, 0.15) is 0 Å². The van der Waals surface area contributed by atoms with Crippen LogP contribution >= 0.6 is 0 Å². The van der Waals surface area contributed by atoms with Gasteiger partial charge < -0.3 is 5.11 Å². The van der Waals surface area contributed by atoms with Crippen molar-refractivity contribution >= 4 is 22.4 Å². The number of benzene rings is 1. The Bertz CT molecular complexity index is 758. The van der Waals surface area contributed by atoms with Gasteiger partial charge in [-0.25, -0.2) is 4.98 Å². The summed E-state index contributed by atoms with van der Waals surface area (Å²) in [6.07, 6.45) is 5.01. The molecule has 1 aromatic heterocycles. The zero-order valence-corrected chi connectivity index (χ0v) is 14.0. The number of fused-ring (bicyclic) bond motifs is 1. The van der Waals surface area contributed by atoms with Crippen LogP contribution in [0.25, 0.3) is 16.5 Å². The average molecular weight is 309 g/mol. The number of carboxylic acids is 1. The quantitative estimate of drug-likeness (QED) is 0.795. The van der Waals surface area contributed by atoms with Crippen LogP contribution in [0.3, 0.4) is 0 Å². The van der Waals surface area contributed by atoms with Crippen molar-refractivity contribution in [3.8, 4) is 0 Å². The summed E-state index contributed by atoms with van der Waals surface area (Å²) in [4.78, 5) is 15.7. The lowest BCUT2D eigenvalue weighted by atomic mass is 10.00. The first kappa shape index (κ1) is 18.4. The third-order valence-electron chi connectivity index (χ3n) is 3.18. The number of hydrogen-bond acceptors (Lipinski definition) is 2. The largest absolute Gasteiger partial charge is 0.481 e. The molecule has 0 bridgehead atoms. The maximum atomic E-state index is 11.1. The molecular formula is C20H23NO2. The van der Waals surface area contributed by atoms with Crippen LogP contribution in [0, 0.1) is 6.92 Å². The van der Waals surface area contributed by atoms with Crippen molar-refractivity contribution in [1.82, 2.24) is 4.98 Å². The van der Waals surface area contributed by atoms with Crippen molar-refractivity contribution in [3.63, 3.8) is 0 Å². The highest BCUT2D eigenvalue weighted by Crippen LogP contribution is 2.24. The Morgan fingerprint density at radius 2 is 1.96 bits per heavy atom. The van der Waals surface area contributed by atoms with E-state index in [-0.39, 0.29) is 6.42 Å². The minimum absolute atomic E-state index is 0.0749. The molecule has 0 aliphatic heterocycles. The normalized spacial score (nSPS) is 10.7. The molecule has 120 valence electrons. The molecule has 0 saturated heterocycles. The third kappa shape index (κ3) is 4.65. The van der Waals surface area contributed by atoms with Gasteiger partial charge in [-0.1, -0.05) is 56.9 Å². The molecule has 2 aromatic rings. The lowest BCUT2D eigenvalue weighted by Crippen LogP contribution is -2.05. The van der Waals surface area contributed by atoms with E-state index in [1.165, 1.54) is 0 Å². The van der Waals surface area contributed by atoms with Gasteiger partial charge in [0, 0.05) is 5.39 Å². The van der Waals surface area contributed by atoms with E-state index in [0.29, 0.717) is 11.3 Å². The van der Waals surface area contributed by atoms with E-state index < -0.39 is 5.97 Å². The maximum Gasteiger partial charge on any atom is 0.307 e. The van der Waals surface area contributed by atoms with Crippen molar-refractivity contribution in [2.75, 3.05) is 0 Å². The fourth-order valence-corrected chi connectivity index (χ4v) is 2.26. The molecule has 3 nitrogen and oxygen atoms in total. The number of rotatable bonds is 5. The molecule has 1 N–H and O–H groups in total. The molecule has 23 heavy (non-hydrogen) atoms. The van der Waals surface area contributed by atoms with E-state index >= 15 is 0 Å². The number of carboxylic acid groups (broad SMARTS) is 1. The summed E-state index contributed by atoms with van der Waals surface area (Å²) in [6.45, 7) is 13.4. The van der Waals surface area contributed by atoms with E-state index in [0.717, 1.165) is 22.0 Å². The summed E-state index contributed by atoms with van der Waals surface area (Å²) in [6, 6.07) is 7.82. The fourth-order valence-electron chi connectivity index (χ4n) is 2.26. The van der Waals surface area contributed by atoms with Crippen LogP contribution in [0.4, 0.5) is 0 Å². The van der Waals surface area contributed by atoms with E-state index in [2.05, 4.69) is 18.1 Å². The number of aromatic nitrogens is 1. The predicted octanol–water partition coefficient (Wildman–Crippen LogP) is 4.95. The molecule has 0 radical (unpaired) electrons. The second-order valence-corrected chi connectivity index (χ2v) is 4.82. The van der Waals surface area contributed by atoms with Crippen molar-refractivity contribution in [2.24, 2.45) is 0 Å². The Kier molecular flexibility index (Phi) is 6.94. The molecule has 1 heterocycles. The summed E-state index contributed by atoms with van der Waals surface area (Å²) < 4.78 is 0. The average Bonchev–Trinajstić information content (AvgIpc) is 2.53. The number of nitrogens with zero attached hydrogens (tertiary/aromatic N) is 1. The zero-order chi connectivity index (χ0) is 17.4. The smallest absolute Gasteiger partial charge is 0.307 e. The highest BCUT2D eigenvalue weighted by Gasteiger charge is 2.12. The summed E-state index contributed by atoms with van der Waals surface area (Å²) in [7, 11) is 0. The predicted molar refractivity (Wildman–Crippen MR) is 97.5 cm³/mol. The highest BCUT2D eigenvalue weighted by atomic mass is 16.4. The number of aliphatic carboxylic acids is 1. The first-order valence-corrected chi connectivity index (χ1v) is 7.62. The van der Waals surface area contributed by atoms with Crippen LogP contribution in [0.5, 0.6) is 0 Å². The Morgan fingerprint density at radius 3 is 2.52 bits per heavy atom. The van der Waals surface area contributed by atoms with E-state index in [1.54, 1.807) is 18.2 Å². The Hall–Kier alpha value is -2.68. The molecule has 0 amide bonds. The van der Waals surface area contributed by atoms with Crippen LogP contribution in [-0.2, 0) is 11.2 Å². The van der Waals surface area contributed by atoms with E-state index in [9.17, 15) is 4.79 Å². The van der Waals surface area contributed by atoms with Crippen molar-refractivity contribution < 1.29 is 9.90 Å². The van der Waals surface area contributed by atoms with E-state index in [1.807, 2.05) is 45.0 Å². The van der Waals surface area contributed by atoms with Gasteiger partial charge in [-0.3, -0.25) is 4.79 Å². The van der Waals surface area contributed by atoms with Crippen LogP contribution in [0.15, 0.2) is 55.7 Å². The minimum Gasteiger partial charge on any atom is -0.481 e. The second-order valence-electron chi connectivity index (χ2n) is 4.82. The van der Waals surface area contributed by atoms with Gasteiger partial charge in [-0.2, -0.15) is 0 Å². The molecule has 0 aliphatic rings. The van der Waals surface area contributed by atoms with Crippen LogP contribution in [0.1, 0.15) is 30.7 Å². The SMILES string of the molecule is C=C/C=C(\C=C)c1nc2ccc(C)cc2cc1CC(=O)O.CC. The van der Waals surface area contributed by atoms with Crippen LogP contribution in [0.2, 0.25) is 0 Å². The highest BCUT2D eigenvalue weighted by molar-refractivity contribution is 5.87. The molecule has 0 spiro atoms. The van der Waals surface area contributed by atoms with Crippen molar-refractivity contribution in [1.29, 1.82) is 0 Å². The Morgan fingerprint density at radius 1 is 1.26 bits per heavy atom. The Labute approximate surface area is 137 Å². The van der Waals surface area contributed by atoms with Gasteiger partial charge in [0.05, 0.1) is 17.6 Å². The summed E-state index contributed by atoms with van der Waals surface area (Å²) in [5, 5.41) is 10.1. The number of allylic oxidation sites excluding steroid dienone is 4. The number of pyridine rings is 1. The molecule has 0 unspecified atom stereocenters. The Balaban J connectivity index is 0.00000127. The van der Waals surface area contributed by atoms with Crippen LogP contribution < -0.4 is 0 Å². The minimum atomic E-state index is -0.882. The summed E-state index contributed by atoms with van der Waals surface area (Å²) in [5.41, 5.74) is 4.03. The molecular weight excluding hydrogens is 286 g/mol. The molecule has 0 atom stereocenters. The van der Waals surface area contributed by atoms with Gasteiger partial charge >= 0.3 is 5.97 Å². The summed E-state index contributed by atoms with van der Waals surface area (Å²) >= 11 is 0. The molecule has 2 rings (SSSR count). The van der Waals surface area contributed by atoms with Gasteiger partial charge in [-0.15, -0.1) is 0 Å². The first-order chi connectivity index (χ1) is 11.0. The zero-order valence-electron chi connectivity index (χ0n) is 14.0. The number of hydrogen-bond donors (Lipinski definition) is 1. The maximum absolute atomic E-state index is 11.1. The number of aryl methyl sites for hydroxylation is 1. The lowest BCUT2D eigenvalue weighted by molar-refractivity contribution is -0.136. The fraction of sp³-hybridized carbons (Fsp3) is 0.200. The van der Waals surface area contributed by atoms with Gasteiger partial charge in [0.2, 0.25) is 0 Å². The van der Waals surface area contributed by atoms with E-state index in [4.69, 9.17) is 5.11 Å². The molecule has 0 saturated carbocycles. The van der Waals surface area contributed by atoms with Gasteiger partial charge in [-0.05, 0) is 36.3 Å².